The molecule has 2 rings (SSSR count). The van der Waals surface area contributed by atoms with Crippen LogP contribution in [0.2, 0.25) is 0 Å². The molecular weight excluding hydrogens is 311 g/mol. The predicted octanol–water partition coefficient (Wildman–Crippen LogP) is 6.94. The second-order valence-electron chi connectivity index (χ2n) is 7.17. The van der Waals surface area contributed by atoms with E-state index in [1.165, 1.54) is 19.3 Å². The lowest BCUT2D eigenvalue weighted by atomic mass is 9.77. The molecule has 0 aromatic heterocycles. The summed E-state index contributed by atoms with van der Waals surface area (Å²) in [7, 11) is 0. The van der Waals surface area contributed by atoms with Gasteiger partial charge in [-0.3, -0.25) is 0 Å². The summed E-state index contributed by atoms with van der Waals surface area (Å²) >= 11 is 0. The highest BCUT2D eigenvalue weighted by Gasteiger charge is 2.23. The van der Waals surface area contributed by atoms with Gasteiger partial charge in [0.1, 0.15) is 5.82 Å². The molecule has 0 spiro atoms. The van der Waals surface area contributed by atoms with Gasteiger partial charge in [0.25, 0.3) is 0 Å². The first-order valence-corrected chi connectivity index (χ1v) is 9.86. The van der Waals surface area contributed by atoms with E-state index in [1.54, 1.807) is 6.07 Å². The lowest BCUT2D eigenvalue weighted by Gasteiger charge is -2.28. The van der Waals surface area contributed by atoms with Gasteiger partial charge in [-0.05, 0) is 80.4 Å². The van der Waals surface area contributed by atoms with Crippen LogP contribution in [0.4, 0.5) is 4.39 Å². The molecule has 1 aromatic rings. The summed E-state index contributed by atoms with van der Waals surface area (Å²) in [5.74, 6) is 1.11. The van der Waals surface area contributed by atoms with Gasteiger partial charge in [0, 0.05) is 6.61 Å². The van der Waals surface area contributed by atoms with Gasteiger partial charge in [-0.25, -0.2) is 4.39 Å². The van der Waals surface area contributed by atoms with Crippen LogP contribution in [0.15, 0.2) is 43.0 Å². The standard InChI is InChI=1S/C23H33FO/c1-3-5-7-9-19-10-13-21(14-11-19)22-15-12-20(17-23(22)24)18-25-16-8-6-4-2/h4-5,7,12,15,17,19,21H,2-3,6,8-11,13-14,16,18H2,1H3/t19-,21-. The van der Waals surface area contributed by atoms with Crippen molar-refractivity contribution in [3.8, 4) is 0 Å². The van der Waals surface area contributed by atoms with E-state index in [4.69, 9.17) is 4.74 Å². The van der Waals surface area contributed by atoms with Crippen LogP contribution in [0, 0.1) is 11.7 Å². The topological polar surface area (TPSA) is 9.23 Å². The van der Waals surface area contributed by atoms with E-state index in [0.717, 1.165) is 49.1 Å². The van der Waals surface area contributed by atoms with Crippen LogP contribution >= 0.6 is 0 Å². The van der Waals surface area contributed by atoms with E-state index in [0.29, 0.717) is 19.1 Å². The maximum Gasteiger partial charge on any atom is 0.127 e. The minimum Gasteiger partial charge on any atom is -0.377 e. The highest BCUT2D eigenvalue weighted by atomic mass is 19.1. The van der Waals surface area contributed by atoms with Crippen molar-refractivity contribution >= 4 is 0 Å². The van der Waals surface area contributed by atoms with E-state index < -0.39 is 0 Å². The number of benzene rings is 1. The molecular formula is C23H33FO. The number of hydrogen-bond donors (Lipinski definition) is 0. The van der Waals surface area contributed by atoms with Crippen molar-refractivity contribution < 1.29 is 9.13 Å². The predicted molar refractivity (Wildman–Crippen MR) is 104 cm³/mol. The molecule has 2 heteroatoms. The van der Waals surface area contributed by atoms with E-state index >= 15 is 0 Å². The van der Waals surface area contributed by atoms with E-state index in [9.17, 15) is 4.39 Å². The molecule has 1 nitrogen and oxygen atoms in total. The summed E-state index contributed by atoms with van der Waals surface area (Å²) in [6.45, 7) is 7.06. The number of allylic oxidation sites excluding steroid dienone is 3. The van der Waals surface area contributed by atoms with Gasteiger partial charge < -0.3 is 4.74 Å². The smallest absolute Gasteiger partial charge is 0.127 e. The molecule has 1 aromatic carbocycles. The molecule has 1 aliphatic carbocycles. The molecule has 0 aliphatic heterocycles. The maximum absolute atomic E-state index is 14.5. The Kier molecular flexibility index (Phi) is 8.96. The van der Waals surface area contributed by atoms with Crippen LogP contribution in [0.25, 0.3) is 0 Å². The maximum atomic E-state index is 14.5. The summed E-state index contributed by atoms with van der Waals surface area (Å²) in [5.41, 5.74) is 1.83. The van der Waals surface area contributed by atoms with E-state index in [2.05, 4.69) is 25.7 Å². The Morgan fingerprint density at radius 2 is 2.00 bits per heavy atom. The first-order valence-electron chi connectivity index (χ1n) is 9.86. The molecule has 0 bridgehead atoms. The zero-order chi connectivity index (χ0) is 17.9. The second-order valence-corrected chi connectivity index (χ2v) is 7.17. The molecule has 0 radical (unpaired) electrons. The van der Waals surface area contributed by atoms with Gasteiger partial charge in [-0.2, -0.15) is 0 Å². The largest absolute Gasteiger partial charge is 0.377 e. The highest BCUT2D eigenvalue weighted by Crippen LogP contribution is 2.38. The van der Waals surface area contributed by atoms with Crippen LogP contribution in [-0.2, 0) is 11.3 Å². The molecule has 0 atom stereocenters. The first kappa shape index (κ1) is 19.9. The molecule has 0 amide bonds. The fourth-order valence-corrected chi connectivity index (χ4v) is 3.68. The van der Waals surface area contributed by atoms with Crippen LogP contribution in [0.5, 0.6) is 0 Å². The van der Waals surface area contributed by atoms with Crippen molar-refractivity contribution in [1.29, 1.82) is 0 Å². The summed E-state index contributed by atoms with van der Waals surface area (Å²) in [5, 5.41) is 0. The Morgan fingerprint density at radius 1 is 1.20 bits per heavy atom. The molecule has 0 N–H and O–H groups in total. The van der Waals surface area contributed by atoms with Crippen LogP contribution in [-0.4, -0.2) is 6.61 Å². The summed E-state index contributed by atoms with van der Waals surface area (Å²) in [6, 6.07) is 5.68. The monoisotopic (exact) mass is 344 g/mol. The average Bonchev–Trinajstić information content (AvgIpc) is 2.63. The molecule has 1 aliphatic rings. The summed E-state index contributed by atoms with van der Waals surface area (Å²) < 4.78 is 20.1. The fourth-order valence-electron chi connectivity index (χ4n) is 3.68. The lowest BCUT2D eigenvalue weighted by Crippen LogP contribution is -2.14. The van der Waals surface area contributed by atoms with Gasteiger partial charge in [0.15, 0.2) is 0 Å². The Morgan fingerprint density at radius 3 is 2.68 bits per heavy atom. The molecule has 1 fully saturated rings. The highest BCUT2D eigenvalue weighted by molar-refractivity contribution is 5.27. The number of unbranched alkanes of at least 4 members (excludes halogenated alkanes) is 1. The van der Waals surface area contributed by atoms with Crippen LogP contribution < -0.4 is 0 Å². The van der Waals surface area contributed by atoms with E-state index in [1.807, 2.05) is 18.2 Å². The molecule has 0 saturated heterocycles. The zero-order valence-corrected chi connectivity index (χ0v) is 15.7. The Hall–Kier alpha value is -1.41. The van der Waals surface area contributed by atoms with Crippen molar-refractivity contribution in [3.63, 3.8) is 0 Å². The van der Waals surface area contributed by atoms with Gasteiger partial charge in [0.05, 0.1) is 6.61 Å². The molecule has 138 valence electrons. The van der Waals surface area contributed by atoms with Gasteiger partial charge in [-0.15, -0.1) is 6.58 Å². The number of ether oxygens (including phenoxy) is 1. The summed E-state index contributed by atoms with van der Waals surface area (Å²) in [6.07, 6.45) is 15.4. The van der Waals surface area contributed by atoms with Crippen molar-refractivity contribution in [1.82, 2.24) is 0 Å². The second kappa shape index (κ2) is 11.3. The van der Waals surface area contributed by atoms with Crippen molar-refractivity contribution in [2.75, 3.05) is 6.61 Å². The third-order valence-electron chi connectivity index (χ3n) is 5.19. The Labute approximate surface area is 153 Å². The molecule has 0 heterocycles. The quantitative estimate of drug-likeness (QED) is 0.330. The SMILES string of the molecule is C=CCCCOCc1ccc([C@H]2CC[C@H](CC=CCC)CC2)c(F)c1. The third kappa shape index (κ3) is 6.78. The van der Waals surface area contributed by atoms with Crippen molar-refractivity contribution in [3.05, 3.63) is 60.0 Å². The minimum absolute atomic E-state index is 0.0541. The number of halogens is 1. The number of hydrogen-bond acceptors (Lipinski definition) is 1. The van der Waals surface area contributed by atoms with E-state index in [-0.39, 0.29) is 5.82 Å². The first-order chi connectivity index (χ1) is 12.2. The fraction of sp³-hybridized carbons (Fsp3) is 0.565. The van der Waals surface area contributed by atoms with Crippen LogP contribution in [0.3, 0.4) is 0 Å². The third-order valence-corrected chi connectivity index (χ3v) is 5.19. The van der Waals surface area contributed by atoms with Crippen LogP contribution in [0.1, 0.15) is 75.3 Å². The van der Waals surface area contributed by atoms with Crippen molar-refractivity contribution in [2.45, 2.75) is 70.8 Å². The van der Waals surface area contributed by atoms with Gasteiger partial charge >= 0.3 is 0 Å². The summed E-state index contributed by atoms with van der Waals surface area (Å²) in [4.78, 5) is 0. The van der Waals surface area contributed by atoms with Gasteiger partial charge in [0.2, 0.25) is 0 Å². The Bertz CT molecular complexity index is 541. The molecule has 0 unspecified atom stereocenters. The Balaban J connectivity index is 1.80. The zero-order valence-electron chi connectivity index (χ0n) is 15.7. The molecule has 25 heavy (non-hydrogen) atoms. The average molecular weight is 345 g/mol. The lowest BCUT2D eigenvalue weighted by molar-refractivity contribution is 0.119. The molecule has 1 saturated carbocycles. The van der Waals surface area contributed by atoms with Gasteiger partial charge in [-0.1, -0.05) is 37.3 Å². The minimum atomic E-state index is -0.0541. The van der Waals surface area contributed by atoms with Crippen molar-refractivity contribution in [2.24, 2.45) is 5.92 Å². The normalized spacial score (nSPS) is 20.9. The number of rotatable bonds is 10.